The molecule has 1 aliphatic rings. The molecule has 4 heteroatoms. The maximum absolute atomic E-state index is 10.3. The van der Waals surface area contributed by atoms with Gasteiger partial charge < -0.3 is 10.4 Å². The van der Waals surface area contributed by atoms with Gasteiger partial charge in [0.1, 0.15) is 0 Å². The molecule has 0 aliphatic heterocycles. The SMILES string of the molecule is N#CC[C@H]1CC[C@@H](CNC(=O)O)CC1. The Morgan fingerprint density at radius 1 is 1.36 bits per heavy atom. The van der Waals surface area contributed by atoms with Crippen molar-refractivity contribution in [1.29, 1.82) is 5.26 Å². The van der Waals surface area contributed by atoms with Gasteiger partial charge in [0.2, 0.25) is 0 Å². The number of nitrogens with zero attached hydrogens (tertiary/aromatic N) is 1. The lowest BCUT2D eigenvalue weighted by Gasteiger charge is -2.26. The Kier molecular flexibility index (Phi) is 4.24. The highest BCUT2D eigenvalue weighted by Crippen LogP contribution is 2.29. The number of carboxylic acid groups (broad SMARTS) is 1. The van der Waals surface area contributed by atoms with E-state index in [9.17, 15) is 4.79 Å². The average molecular weight is 196 g/mol. The van der Waals surface area contributed by atoms with E-state index < -0.39 is 6.09 Å². The Morgan fingerprint density at radius 3 is 2.43 bits per heavy atom. The number of nitriles is 1. The highest BCUT2D eigenvalue weighted by molar-refractivity contribution is 5.64. The van der Waals surface area contributed by atoms with Crippen LogP contribution in [0.25, 0.3) is 0 Å². The number of hydrogen-bond acceptors (Lipinski definition) is 2. The molecule has 1 aliphatic carbocycles. The summed E-state index contributed by atoms with van der Waals surface area (Å²) in [5, 5.41) is 19.4. The van der Waals surface area contributed by atoms with Gasteiger partial charge in [-0.15, -0.1) is 0 Å². The fraction of sp³-hybridized carbons (Fsp3) is 0.800. The molecule has 0 unspecified atom stereocenters. The molecular formula is C10H16N2O2. The van der Waals surface area contributed by atoms with Crippen molar-refractivity contribution < 1.29 is 9.90 Å². The molecule has 0 radical (unpaired) electrons. The van der Waals surface area contributed by atoms with Gasteiger partial charge in [-0.05, 0) is 37.5 Å². The highest BCUT2D eigenvalue weighted by atomic mass is 16.4. The van der Waals surface area contributed by atoms with Crippen molar-refractivity contribution in [2.45, 2.75) is 32.1 Å². The van der Waals surface area contributed by atoms with E-state index in [1.54, 1.807) is 0 Å². The van der Waals surface area contributed by atoms with Gasteiger partial charge in [0.15, 0.2) is 0 Å². The Labute approximate surface area is 83.9 Å². The fourth-order valence-corrected chi connectivity index (χ4v) is 2.00. The summed E-state index contributed by atoms with van der Waals surface area (Å²) in [6.07, 6.45) is 3.95. The lowest BCUT2D eigenvalue weighted by Crippen LogP contribution is -2.29. The molecule has 1 rings (SSSR count). The third-order valence-corrected chi connectivity index (χ3v) is 2.89. The van der Waals surface area contributed by atoms with Crippen LogP contribution in [0, 0.1) is 23.2 Å². The molecule has 0 atom stereocenters. The molecule has 4 nitrogen and oxygen atoms in total. The van der Waals surface area contributed by atoms with Gasteiger partial charge in [0, 0.05) is 13.0 Å². The first-order valence-corrected chi connectivity index (χ1v) is 5.06. The smallest absolute Gasteiger partial charge is 0.404 e. The molecular weight excluding hydrogens is 180 g/mol. The van der Waals surface area contributed by atoms with Crippen LogP contribution in [0.3, 0.4) is 0 Å². The van der Waals surface area contributed by atoms with Gasteiger partial charge in [-0.3, -0.25) is 0 Å². The van der Waals surface area contributed by atoms with Crippen LogP contribution in [0.1, 0.15) is 32.1 Å². The van der Waals surface area contributed by atoms with E-state index in [1.165, 1.54) is 0 Å². The Bertz CT molecular complexity index is 227. The maximum Gasteiger partial charge on any atom is 0.404 e. The fourth-order valence-electron chi connectivity index (χ4n) is 2.00. The van der Waals surface area contributed by atoms with E-state index in [4.69, 9.17) is 10.4 Å². The third-order valence-electron chi connectivity index (χ3n) is 2.89. The Hall–Kier alpha value is -1.24. The van der Waals surface area contributed by atoms with Crippen molar-refractivity contribution in [3.05, 3.63) is 0 Å². The van der Waals surface area contributed by atoms with Crippen LogP contribution in [0.15, 0.2) is 0 Å². The van der Waals surface area contributed by atoms with Crippen LogP contribution in [-0.4, -0.2) is 17.7 Å². The summed E-state index contributed by atoms with van der Waals surface area (Å²) in [4.78, 5) is 10.3. The first-order chi connectivity index (χ1) is 6.72. The minimum absolute atomic E-state index is 0.473. The van der Waals surface area contributed by atoms with E-state index in [-0.39, 0.29) is 0 Å². The van der Waals surface area contributed by atoms with Gasteiger partial charge in [0.05, 0.1) is 6.07 Å². The largest absolute Gasteiger partial charge is 0.465 e. The molecule has 0 aromatic rings. The normalized spacial score (nSPS) is 26.5. The predicted molar refractivity (Wildman–Crippen MR) is 51.7 cm³/mol. The molecule has 2 N–H and O–H groups in total. The topological polar surface area (TPSA) is 73.1 Å². The van der Waals surface area contributed by atoms with Gasteiger partial charge in [-0.1, -0.05) is 0 Å². The van der Waals surface area contributed by atoms with E-state index in [2.05, 4.69) is 11.4 Å². The standard InChI is InChI=1S/C10H16N2O2/c11-6-5-8-1-3-9(4-2-8)7-12-10(13)14/h8-9,12H,1-5,7H2,(H,13,14)/t8-,9+. The number of carbonyl (C=O) groups is 1. The van der Waals surface area contributed by atoms with E-state index in [0.29, 0.717) is 24.8 Å². The van der Waals surface area contributed by atoms with Gasteiger partial charge in [0.25, 0.3) is 0 Å². The second-order valence-electron chi connectivity index (χ2n) is 3.94. The van der Waals surface area contributed by atoms with Crippen molar-refractivity contribution in [3.8, 4) is 6.07 Å². The second kappa shape index (κ2) is 5.48. The summed E-state index contributed by atoms with van der Waals surface area (Å²) in [5.74, 6) is 1.02. The predicted octanol–water partition coefficient (Wildman–Crippen LogP) is 1.97. The van der Waals surface area contributed by atoms with Crippen LogP contribution in [-0.2, 0) is 0 Å². The maximum atomic E-state index is 10.3. The molecule has 1 amide bonds. The first-order valence-electron chi connectivity index (χ1n) is 5.06. The quantitative estimate of drug-likeness (QED) is 0.724. The molecule has 0 heterocycles. The van der Waals surface area contributed by atoms with Gasteiger partial charge >= 0.3 is 6.09 Å². The number of rotatable bonds is 3. The van der Waals surface area contributed by atoms with Crippen molar-refractivity contribution in [2.24, 2.45) is 11.8 Å². The highest BCUT2D eigenvalue weighted by Gasteiger charge is 2.20. The molecule has 0 spiro atoms. The van der Waals surface area contributed by atoms with Crippen LogP contribution in [0.4, 0.5) is 4.79 Å². The van der Waals surface area contributed by atoms with E-state index >= 15 is 0 Å². The third kappa shape index (κ3) is 3.65. The molecule has 0 aromatic carbocycles. The Balaban J connectivity index is 2.16. The molecule has 0 bridgehead atoms. The lowest BCUT2D eigenvalue weighted by atomic mass is 9.81. The molecule has 0 saturated heterocycles. The molecule has 0 aromatic heterocycles. The lowest BCUT2D eigenvalue weighted by molar-refractivity contribution is 0.188. The molecule has 1 saturated carbocycles. The zero-order valence-electron chi connectivity index (χ0n) is 8.20. The number of amides is 1. The van der Waals surface area contributed by atoms with Crippen molar-refractivity contribution in [3.63, 3.8) is 0 Å². The number of hydrogen-bond donors (Lipinski definition) is 2. The number of nitrogens with one attached hydrogen (secondary N) is 1. The summed E-state index contributed by atoms with van der Waals surface area (Å²) < 4.78 is 0. The first kappa shape index (κ1) is 10.8. The van der Waals surface area contributed by atoms with Crippen molar-refractivity contribution in [2.75, 3.05) is 6.54 Å². The minimum atomic E-state index is -0.941. The summed E-state index contributed by atoms with van der Waals surface area (Å²) in [7, 11) is 0. The molecule has 1 fully saturated rings. The van der Waals surface area contributed by atoms with Crippen LogP contribution < -0.4 is 5.32 Å². The summed E-state index contributed by atoms with van der Waals surface area (Å²) in [6.45, 7) is 0.564. The van der Waals surface area contributed by atoms with Crippen LogP contribution in [0.5, 0.6) is 0 Å². The zero-order chi connectivity index (χ0) is 10.4. The minimum Gasteiger partial charge on any atom is -0.465 e. The van der Waals surface area contributed by atoms with E-state index in [0.717, 1.165) is 25.7 Å². The summed E-state index contributed by atoms with van der Waals surface area (Å²) in [5.41, 5.74) is 0. The summed E-state index contributed by atoms with van der Waals surface area (Å²) in [6, 6.07) is 2.19. The van der Waals surface area contributed by atoms with Crippen molar-refractivity contribution >= 4 is 6.09 Å². The Morgan fingerprint density at radius 2 is 1.93 bits per heavy atom. The summed E-state index contributed by atoms with van der Waals surface area (Å²) >= 11 is 0. The van der Waals surface area contributed by atoms with Crippen LogP contribution >= 0.6 is 0 Å². The van der Waals surface area contributed by atoms with Gasteiger partial charge in [-0.25, -0.2) is 4.79 Å². The monoisotopic (exact) mass is 196 g/mol. The second-order valence-corrected chi connectivity index (χ2v) is 3.94. The van der Waals surface area contributed by atoms with Crippen molar-refractivity contribution in [1.82, 2.24) is 5.32 Å². The molecule has 14 heavy (non-hydrogen) atoms. The molecule has 78 valence electrons. The average Bonchev–Trinajstić information content (AvgIpc) is 2.17. The van der Waals surface area contributed by atoms with E-state index in [1.807, 2.05) is 0 Å². The van der Waals surface area contributed by atoms with Crippen LogP contribution in [0.2, 0.25) is 0 Å². The zero-order valence-corrected chi connectivity index (χ0v) is 8.20. The van der Waals surface area contributed by atoms with Gasteiger partial charge in [-0.2, -0.15) is 5.26 Å².